The molecule has 10 heavy (non-hydrogen) atoms. The second-order valence-electron chi connectivity index (χ2n) is 2.40. The Morgan fingerprint density at radius 1 is 1.20 bits per heavy atom. The fourth-order valence-electron chi connectivity index (χ4n) is 1.02. The Hall–Kier alpha value is -0.136. The molecule has 0 fully saturated rings. The van der Waals surface area contributed by atoms with Crippen LogP contribution in [0.15, 0.2) is 4.42 Å². The Morgan fingerprint density at radius 2 is 1.80 bits per heavy atom. The van der Waals surface area contributed by atoms with E-state index in [9.17, 15) is 0 Å². The summed E-state index contributed by atoms with van der Waals surface area (Å²) in [4.78, 5) is 0. The van der Waals surface area contributed by atoms with Crippen molar-refractivity contribution in [2.24, 2.45) is 0 Å². The molecule has 0 unspecified atom stereocenters. The summed E-state index contributed by atoms with van der Waals surface area (Å²) in [5, 5.41) is 0. The van der Waals surface area contributed by atoms with Gasteiger partial charge in [0.05, 0.1) is 0 Å². The Balaban J connectivity index is 3.33. The van der Waals surface area contributed by atoms with E-state index < -0.39 is 0 Å². The first-order valence-corrected chi connectivity index (χ1v) is 4.14. The molecule has 0 aliphatic carbocycles. The third kappa shape index (κ3) is 1.16. The van der Waals surface area contributed by atoms with Crippen molar-refractivity contribution >= 4 is 4.31 Å². The van der Waals surface area contributed by atoms with Gasteiger partial charge in [0, 0.05) is 0 Å². The number of hydrogen-bond acceptors (Lipinski definition) is 1. The average molecular weight is 170 g/mol. The minimum absolute atomic E-state index is 1.03. The van der Waals surface area contributed by atoms with Gasteiger partial charge < -0.3 is 0 Å². The van der Waals surface area contributed by atoms with Crippen LogP contribution in [-0.4, -0.2) is 4.31 Å². The third-order valence-electron chi connectivity index (χ3n) is 1.76. The molecule has 1 rings (SSSR count). The zero-order chi connectivity index (χ0) is 7.72. The zero-order valence-corrected chi connectivity index (χ0v) is 8.05. The SMILES string of the molecule is Cc1oc(C)c([CH]=[Ti])c1C. The minimum atomic E-state index is 1.03. The summed E-state index contributed by atoms with van der Waals surface area (Å²) in [6.07, 6.45) is 0. The summed E-state index contributed by atoms with van der Waals surface area (Å²) in [5.74, 6) is 2.06. The molecule has 0 amide bonds. The molecule has 0 N–H and O–H groups in total. The molecule has 1 nitrogen and oxygen atoms in total. The van der Waals surface area contributed by atoms with Crippen molar-refractivity contribution in [2.75, 3.05) is 0 Å². The van der Waals surface area contributed by atoms with Gasteiger partial charge in [-0.05, 0) is 0 Å². The topological polar surface area (TPSA) is 13.1 Å². The molecule has 0 radical (unpaired) electrons. The first-order chi connectivity index (χ1) is 4.66. The van der Waals surface area contributed by atoms with Gasteiger partial charge in [-0.2, -0.15) is 0 Å². The van der Waals surface area contributed by atoms with Gasteiger partial charge in [0.1, 0.15) is 0 Å². The van der Waals surface area contributed by atoms with Gasteiger partial charge in [0.2, 0.25) is 0 Å². The van der Waals surface area contributed by atoms with E-state index in [1.165, 1.54) is 11.1 Å². The van der Waals surface area contributed by atoms with Crippen molar-refractivity contribution in [3.63, 3.8) is 0 Å². The fourth-order valence-corrected chi connectivity index (χ4v) is 1.68. The molecule has 0 bridgehead atoms. The van der Waals surface area contributed by atoms with Crippen molar-refractivity contribution < 1.29 is 24.4 Å². The molecule has 0 aliphatic heterocycles. The fraction of sp³-hybridized carbons (Fsp3) is 0.375. The van der Waals surface area contributed by atoms with Gasteiger partial charge >= 0.3 is 72.1 Å². The first kappa shape index (κ1) is 7.97. The molecule has 1 aromatic rings. The van der Waals surface area contributed by atoms with Gasteiger partial charge in [-0.3, -0.25) is 0 Å². The molecule has 0 atom stereocenters. The van der Waals surface area contributed by atoms with Crippen molar-refractivity contribution in [1.82, 2.24) is 0 Å². The van der Waals surface area contributed by atoms with E-state index in [-0.39, 0.29) is 0 Å². The van der Waals surface area contributed by atoms with E-state index in [1.807, 2.05) is 33.8 Å². The van der Waals surface area contributed by atoms with E-state index >= 15 is 0 Å². The molecule has 1 heterocycles. The number of hydrogen-bond donors (Lipinski definition) is 0. The monoisotopic (exact) mass is 170 g/mol. The number of furan rings is 1. The molecule has 1 aromatic heterocycles. The maximum atomic E-state index is 5.40. The van der Waals surface area contributed by atoms with Crippen LogP contribution in [0.3, 0.4) is 0 Å². The molecule has 0 aliphatic rings. The van der Waals surface area contributed by atoms with E-state index in [0.717, 1.165) is 11.5 Å². The van der Waals surface area contributed by atoms with Gasteiger partial charge in [0.25, 0.3) is 0 Å². The van der Waals surface area contributed by atoms with Gasteiger partial charge in [-0.1, -0.05) is 0 Å². The van der Waals surface area contributed by atoms with Gasteiger partial charge in [-0.25, -0.2) is 0 Å². The predicted octanol–water partition coefficient (Wildman–Crippen LogP) is 1.90. The molecule has 52 valence electrons. The van der Waals surface area contributed by atoms with Crippen LogP contribution < -0.4 is 0 Å². The quantitative estimate of drug-likeness (QED) is 0.586. The van der Waals surface area contributed by atoms with Gasteiger partial charge in [-0.15, -0.1) is 0 Å². The van der Waals surface area contributed by atoms with E-state index in [0.29, 0.717) is 0 Å². The maximum absolute atomic E-state index is 5.40. The van der Waals surface area contributed by atoms with Crippen LogP contribution in [0.1, 0.15) is 22.6 Å². The predicted molar refractivity (Wildman–Crippen MR) is 38.1 cm³/mol. The molecular weight excluding hydrogens is 160 g/mol. The van der Waals surface area contributed by atoms with Crippen LogP contribution in [0.4, 0.5) is 0 Å². The van der Waals surface area contributed by atoms with Crippen LogP contribution in [0.2, 0.25) is 0 Å². The molecule has 0 saturated heterocycles. The van der Waals surface area contributed by atoms with E-state index in [4.69, 9.17) is 4.42 Å². The normalized spacial score (nSPS) is 9.80. The Kier molecular flexibility index (Phi) is 2.27. The zero-order valence-electron chi connectivity index (χ0n) is 6.49. The summed E-state index contributed by atoms with van der Waals surface area (Å²) in [6.45, 7) is 6.08. The summed E-state index contributed by atoms with van der Waals surface area (Å²) in [7, 11) is 0. The number of rotatable bonds is 1. The van der Waals surface area contributed by atoms with Crippen LogP contribution in [0.25, 0.3) is 0 Å². The second-order valence-corrected chi connectivity index (χ2v) is 2.85. The van der Waals surface area contributed by atoms with Crippen LogP contribution in [0.5, 0.6) is 0 Å². The van der Waals surface area contributed by atoms with Crippen LogP contribution in [-0.2, 0) is 20.0 Å². The van der Waals surface area contributed by atoms with E-state index in [2.05, 4.69) is 11.2 Å². The summed E-state index contributed by atoms with van der Waals surface area (Å²) in [6, 6.07) is 0. The third-order valence-corrected chi connectivity index (χ3v) is 2.21. The van der Waals surface area contributed by atoms with Crippen molar-refractivity contribution in [2.45, 2.75) is 20.8 Å². The summed E-state index contributed by atoms with van der Waals surface area (Å²) >= 11 is 2.03. The Labute approximate surface area is 72.3 Å². The van der Waals surface area contributed by atoms with Crippen LogP contribution >= 0.6 is 0 Å². The van der Waals surface area contributed by atoms with Crippen molar-refractivity contribution in [3.05, 3.63) is 22.6 Å². The summed E-state index contributed by atoms with van der Waals surface area (Å²) < 4.78 is 7.49. The molecule has 0 aromatic carbocycles. The van der Waals surface area contributed by atoms with Crippen LogP contribution in [0, 0.1) is 20.8 Å². The van der Waals surface area contributed by atoms with Gasteiger partial charge in [0.15, 0.2) is 0 Å². The van der Waals surface area contributed by atoms with E-state index in [1.54, 1.807) is 0 Å². The first-order valence-electron chi connectivity index (χ1n) is 3.24. The molecule has 2 heteroatoms. The van der Waals surface area contributed by atoms with Crippen molar-refractivity contribution in [3.8, 4) is 0 Å². The van der Waals surface area contributed by atoms with Crippen molar-refractivity contribution in [1.29, 1.82) is 0 Å². The molecule has 0 saturated carbocycles. The summed E-state index contributed by atoms with van der Waals surface area (Å²) in [5.41, 5.74) is 2.51. The standard InChI is InChI=1S/C8H10O.Ti/c1-5-6(2)8(4)9-7(5)3;/h1H,2-4H3;. The second kappa shape index (κ2) is 2.85. The molecule has 0 spiro atoms. The Morgan fingerprint density at radius 3 is 2.00 bits per heavy atom. The molecular formula is C8H10OTi. The number of aryl methyl sites for hydroxylation is 2. The average Bonchev–Trinajstić information content (AvgIpc) is 2.09. The Bertz CT molecular complexity index is 260.